The summed E-state index contributed by atoms with van der Waals surface area (Å²) < 4.78 is 0. The topological polar surface area (TPSA) is 61.9 Å². The minimum atomic E-state index is -0.139. The number of H-pyrrole nitrogens is 1. The van der Waals surface area contributed by atoms with Crippen LogP contribution in [0, 0.1) is 0 Å². The van der Waals surface area contributed by atoms with Crippen LogP contribution in [-0.2, 0) is 18.5 Å². The Hall–Kier alpha value is -2.17. The summed E-state index contributed by atoms with van der Waals surface area (Å²) in [4.78, 5) is 18.5. The number of carbonyl (C=O) groups is 1. The van der Waals surface area contributed by atoms with Crippen molar-refractivity contribution in [2.45, 2.75) is 39.3 Å². The van der Waals surface area contributed by atoms with E-state index in [2.05, 4.69) is 27.3 Å². The second kappa shape index (κ2) is 4.44. The molecule has 0 bridgehead atoms. The molecule has 0 unspecified atom stereocenters. The average Bonchev–Trinajstić information content (AvgIpc) is 3.04. The number of hydrogen-bond donors (Lipinski definition) is 1. The summed E-state index contributed by atoms with van der Waals surface area (Å²) in [5, 5.41) is 6.93. The highest BCUT2D eigenvalue weighted by Gasteiger charge is 2.28. The molecule has 20 heavy (non-hydrogen) atoms. The molecule has 0 radical (unpaired) electrons. The molecule has 0 saturated carbocycles. The normalized spacial score (nSPS) is 14.4. The van der Waals surface area contributed by atoms with Gasteiger partial charge in [-0.1, -0.05) is 45.0 Å². The summed E-state index contributed by atoms with van der Waals surface area (Å²) in [7, 11) is 0. The molecule has 0 spiro atoms. The summed E-state index contributed by atoms with van der Waals surface area (Å²) in [5.41, 5.74) is 2.26. The molecule has 0 atom stereocenters. The molecule has 1 aliphatic heterocycles. The first-order valence-electron chi connectivity index (χ1n) is 6.74. The molecule has 1 aromatic carbocycles. The Morgan fingerprint density at radius 2 is 1.80 bits per heavy atom. The lowest BCUT2D eigenvalue weighted by atomic mass is 9.96. The van der Waals surface area contributed by atoms with Crippen molar-refractivity contribution in [3.8, 4) is 0 Å². The molecule has 3 rings (SSSR count). The Morgan fingerprint density at radius 1 is 1.20 bits per heavy atom. The Morgan fingerprint density at radius 3 is 2.30 bits per heavy atom. The van der Waals surface area contributed by atoms with Gasteiger partial charge in [0.1, 0.15) is 5.82 Å². The summed E-state index contributed by atoms with van der Waals surface area (Å²) in [5.74, 6) is 0.869. The van der Waals surface area contributed by atoms with E-state index in [0.29, 0.717) is 13.1 Å². The monoisotopic (exact) mass is 270 g/mol. The fourth-order valence-corrected chi connectivity index (χ4v) is 2.31. The van der Waals surface area contributed by atoms with E-state index in [0.717, 1.165) is 5.82 Å². The van der Waals surface area contributed by atoms with Gasteiger partial charge in [-0.05, 0) is 11.1 Å². The lowest BCUT2D eigenvalue weighted by molar-refractivity contribution is 0.0739. The van der Waals surface area contributed by atoms with Crippen LogP contribution < -0.4 is 0 Å². The van der Waals surface area contributed by atoms with E-state index in [1.165, 1.54) is 11.1 Å². The maximum absolute atomic E-state index is 12.4. The van der Waals surface area contributed by atoms with Gasteiger partial charge in [0.05, 0.1) is 0 Å². The van der Waals surface area contributed by atoms with Crippen molar-refractivity contribution in [3.05, 3.63) is 47.0 Å². The molecule has 2 aromatic rings. The second-order valence-electron chi connectivity index (χ2n) is 6.19. The number of fused-ring (bicyclic) bond motifs is 1. The molecule has 5 heteroatoms. The summed E-state index contributed by atoms with van der Waals surface area (Å²) in [6, 6.07) is 8.11. The molecule has 0 aliphatic carbocycles. The molecule has 5 nitrogen and oxygen atoms in total. The molecule has 0 saturated heterocycles. The third-order valence-corrected chi connectivity index (χ3v) is 3.52. The zero-order valence-corrected chi connectivity index (χ0v) is 12.0. The summed E-state index contributed by atoms with van der Waals surface area (Å²) in [6.45, 7) is 7.37. The van der Waals surface area contributed by atoms with Crippen LogP contribution in [0.4, 0.5) is 0 Å². The zero-order valence-electron chi connectivity index (χ0n) is 12.0. The highest BCUT2D eigenvalue weighted by Crippen LogP contribution is 2.24. The molecular weight excluding hydrogens is 252 g/mol. The van der Waals surface area contributed by atoms with Crippen LogP contribution in [0.15, 0.2) is 24.3 Å². The zero-order chi connectivity index (χ0) is 14.3. The lowest BCUT2D eigenvalue weighted by Gasteiger charge is -2.14. The Labute approximate surface area is 118 Å². The molecule has 1 N–H and O–H groups in total. The molecule has 1 amide bonds. The van der Waals surface area contributed by atoms with Gasteiger partial charge >= 0.3 is 0 Å². The van der Waals surface area contributed by atoms with Crippen LogP contribution in [0.3, 0.4) is 0 Å². The Balaban J connectivity index is 1.80. The molecular formula is C15H18N4O. The number of aromatic nitrogens is 3. The summed E-state index contributed by atoms with van der Waals surface area (Å²) in [6.07, 6.45) is 0. The smallest absolute Gasteiger partial charge is 0.294 e. The maximum atomic E-state index is 12.4. The molecule has 1 aromatic heterocycles. The van der Waals surface area contributed by atoms with Crippen molar-refractivity contribution in [1.29, 1.82) is 0 Å². The quantitative estimate of drug-likeness (QED) is 0.864. The van der Waals surface area contributed by atoms with Gasteiger partial charge in [0.2, 0.25) is 5.82 Å². The minimum Gasteiger partial charge on any atom is -0.327 e. The van der Waals surface area contributed by atoms with Crippen LogP contribution in [0.1, 0.15) is 48.3 Å². The van der Waals surface area contributed by atoms with Gasteiger partial charge < -0.3 is 4.90 Å². The second-order valence-corrected chi connectivity index (χ2v) is 6.19. The number of carbonyl (C=O) groups excluding carboxylic acids is 1. The fraction of sp³-hybridized carbons (Fsp3) is 0.400. The van der Waals surface area contributed by atoms with Gasteiger partial charge in [-0.2, -0.15) is 0 Å². The van der Waals surface area contributed by atoms with E-state index in [-0.39, 0.29) is 17.1 Å². The number of rotatable bonds is 1. The Bertz CT molecular complexity index is 629. The first-order chi connectivity index (χ1) is 9.45. The number of aromatic amines is 1. The predicted octanol–water partition coefficient (Wildman–Crippen LogP) is 2.26. The fourth-order valence-electron chi connectivity index (χ4n) is 2.31. The Kier molecular flexibility index (Phi) is 2.85. The van der Waals surface area contributed by atoms with Crippen molar-refractivity contribution in [2.24, 2.45) is 0 Å². The van der Waals surface area contributed by atoms with Crippen LogP contribution >= 0.6 is 0 Å². The SMILES string of the molecule is CC(C)(C)c1nc(C(=O)N2Cc3ccccc3C2)n[nH]1. The van der Waals surface area contributed by atoms with Crippen LogP contribution in [0.2, 0.25) is 0 Å². The van der Waals surface area contributed by atoms with Gasteiger partial charge in [0, 0.05) is 18.5 Å². The highest BCUT2D eigenvalue weighted by atomic mass is 16.2. The van der Waals surface area contributed by atoms with Gasteiger partial charge in [0.25, 0.3) is 5.91 Å². The van der Waals surface area contributed by atoms with Crippen molar-refractivity contribution in [1.82, 2.24) is 20.1 Å². The first-order valence-corrected chi connectivity index (χ1v) is 6.74. The van der Waals surface area contributed by atoms with Crippen molar-refractivity contribution in [2.75, 3.05) is 0 Å². The van der Waals surface area contributed by atoms with E-state index >= 15 is 0 Å². The molecule has 1 aliphatic rings. The number of benzene rings is 1. The lowest BCUT2D eigenvalue weighted by Crippen LogP contribution is -2.26. The van der Waals surface area contributed by atoms with Crippen LogP contribution in [0.25, 0.3) is 0 Å². The van der Waals surface area contributed by atoms with Crippen LogP contribution in [0.5, 0.6) is 0 Å². The number of amides is 1. The van der Waals surface area contributed by atoms with Gasteiger partial charge in [-0.3, -0.25) is 9.89 Å². The molecule has 0 fully saturated rings. The van der Waals surface area contributed by atoms with Gasteiger partial charge in [-0.25, -0.2) is 4.98 Å². The van der Waals surface area contributed by atoms with Crippen molar-refractivity contribution >= 4 is 5.91 Å². The summed E-state index contributed by atoms with van der Waals surface area (Å²) >= 11 is 0. The molecule has 2 heterocycles. The number of hydrogen-bond acceptors (Lipinski definition) is 3. The van der Waals surface area contributed by atoms with E-state index in [4.69, 9.17) is 0 Å². The van der Waals surface area contributed by atoms with Gasteiger partial charge in [0.15, 0.2) is 0 Å². The van der Waals surface area contributed by atoms with E-state index in [1.807, 2.05) is 32.9 Å². The third kappa shape index (κ3) is 2.19. The van der Waals surface area contributed by atoms with E-state index < -0.39 is 0 Å². The predicted molar refractivity (Wildman–Crippen MR) is 75.1 cm³/mol. The third-order valence-electron chi connectivity index (χ3n) is 3.52. The van der Waals surface area contributed by atoms with Crippen molar-refractivity contribution < 1.29 is 4.79 Å². The highest BCUT2D eigenvalue weighted by molar-refractivity contribution is 5.90. The van der Waals surface area contributed by atoms with Crippen LogP contribution in [-0.4, -0.2) is 26.0 Å². The van der Waals surface area contributed by atoms with E-state index in [1.54, 1.807) is 4.90 Å². The average molecular weight is 270 g/mol. The standard InChI is InChI=1S/C15H18N4O/c1-15(2,3)14-16-12(17-18-14)13(20)19-8-10-6-4-5-7-11(10)9-19/h4-7H,8-9H2,1-3H3,(H,16,17,18). The van der Waals surface area contributed by atoms with E-state index in [9.17, 15) is 4.79 Å². The largest absolute Gasteiger partial charge is 0.327 e. The van der Waals surface area contributed by atoms with Crippen molar-refractivity contribution in [3.63, 3.8) is 0 Å². The number of nitrogens with one attached hydrogen (secondary N) is 1. The maximum Gasteiger partial charge on any atom is 0.294 e. The first kappa shape index (κ1) is 12.8. The molecule has 104 valence electrons. The minimum absolute atomic E-state index is 0.118. The van der Waals surface area contributed by atoms with Gasteiger partial charge in [-0.15, -0.1) is 5.10 Å². The number of nitrogens with zero attached hydrogens (tertiary/aromatic N) is 3.